The normalized spacial score (nSPS) is 14.0. The number of nitrogens with zero attached hydrogens (tertiary/aromatic N) is 3. The Hall–Kier alpha value is -5.63. The van der Waals surface area contributed by atoms with Crippen LogP contribution in [0.1, 0.15) is 48.0 Å². The van der Waals surface area contributed by atoms with Gasteiger partial charge in [0.1, 0.15) is 0 Å². The van der Waals surface area contributed by atoms with Gasteiger partial charge in [-0.05, 0) is 42.5 Å². The first-order valence-electron chi connectivity index (χ1n) is 14.7. The van der Waals surface area contributed by atoms with Gasteiger partial charge in [-0.3, -0.25) is 28.9 Å². The maximum absolute atomic E-state index is 11.4. The molecule has 0 bridgehead atoms. The second-order valence-electron chi connectivity index (χ2n) is 9.61. The third kappa shape index (κ3) is 11.1. The van der Waals surface area contributed by atoms with Gasteiger partial charge in [0.15, 0.2) is 0 Å². The summed E-state index contributed by atoms with van der Waals surface area (Å²) in [4.78, 5) is 60.0. The lowest BCUT2D eigenvalue weighted by Crippen LogP contribution is -2.29. The van der Waals surface area contributed by atoms with Crippen molar-refractivity contribution in [3.63, 3.8) is 0 Å². The molecule has 0 spiro atoms. The van der Waals surface area contributed by atoms with Gasteiger partial charge in [0, 0.05) is 41.8 Å². The molecule has 240 valence electrons. The molecule has 3 aliphatic rings. The van der Waals surface area contributed by atoms with Gasteiger partial charge in [0.05, 0.1) is 11.4 Å². The third-order valence-corrected chi connectivity index (χ3v) is 5.59. The SMILES string of the molecule is C.C=C1C=CC(=O)N1c1ccccc1.CCC.CCC.O=C1C=CC(=O)N1c1ccccc1.O=C1C=CC(=O)N1c1ccccc1. The highest BCUT2D eigenvalue weighted by Gasteiger charge is 2.25. The molecule has 6 rings (SSSR count). The largest absolute Gasteiger partial charge is 0.278 e. The van der Waals surface area contributed by atoms with Crippen LogP contribution in [-0.2, 0) is 24.0 Å². The van der Waals surface area contributed by atoms with Crippen LogP contribution in [0.3, 0.4) is 0 Å². The molecule has 0 atom stereocenters. The van der Waals surface area contributed by atoms with Crippen molar-refractivity contribution >= 4 is 46.6 Å². The smallest absolute Gasteiger partial charge is 0.258 e. The average molecular weight is 622 g/mol. The quantitative estimate of drug-likeness (QED) is 0.278. The monoisotopic (exact) mass is 621 g/mol. The van der Waals surface area contributed by atoms with Crippen molar-refractivity contribution in [2.24, 2.45) is 0 Å². The number of allylic oxidation sites excluding steroid dienone is 1. The van der Waals surface area contributed by atoms with Crippen LogP contribution in [0.15, 0.2) is 140 Å². The van der Waals surface area contributed by atoms with Gasteiger partial charge in [-0.2, -0.15) is 0 Å². The molecule has 46 heavy (non-hydrogen) atoms. The molecule has 3 aromatic rings. The zero-order chi connectivity index (χ0) is 33.2. The molecule has 8 nitrogen and oxygen atoms in total. The Bertz CT molecular complexity index is 1300. The fourth-order valence-electron chi connectivity index (χ4n) is 3.79. The highest BCUT2D eigenvalue weighted by molar-refractivity contribution is 6.28. The van der Waals surface area contributed by atoms with Crippen molar-refractivity contribution in [2.45, 2.75) is 48.0 Å². The van der Waals surface area contributed by atoms with Gasteiger partial charge >= 0.3 is 0 Å². The Morgan fingerprint density at radius 2 is 0.630 bits per heavy atom. The second kappa shape index (κ2) is 20.3. The van der Waals surface area contributed by atoms with E-state index in [0.717, 1.165) is 21.2 Å². The first-order chi connectivity index (χ1) is 21.7. The molecule has 3 aliphatic heterocycles. The van der Waals surface area contributed by atoms with Crippen LogP contribution in [0.2, 0.25) is 0 Å². The highest BCUT2D eigenvalue weighted by atomic mass is 16.2. The van der Waals surface area contributed by atoms with Crippen molar-refractivity contribution in [3.8, 4) is 0 Å². The molecule has 5 amide bonds. The van der Waals surface area contributed by atoms with Gasteiger partial charge in [0.2, 0.25) is 0 Å². The molecule has 3 heterocycles. The van der Waals surface area contributed by atoms with E-state index in [2.05, 4.69) is 34.3 Å². The minimum absolute atomic E-state index is 0. The summed E-state index contributed by atoms with van der Waals surface area (Å²) in [7, 11) is 0. The average Bonchev–Trinajstić information content (AvgIpc) is 3.69. The van der Waals surface area contributed by atoms with Crippen molar-refractivity contribution in [1.82, 2.24) is 0 Å². The predicted molar refractivity (Wildman–Crippen MR) is 187 cm³/mol. The van der Waals surface area contributed by atoms with E-state index < -0.39 is 0 Å². The number of carbonyl (C=O) groups is 5. The molecular formula is C38H43N3O5. The van der Waals surface area contributed by atoms with Gasteiger partial charge < -0.3 is 0 Å². The van der Waals surface area contributed by atoms with E-state index >= 15 is 0 Å². The number of para-hydroxylation sites is 3. The van der Waals surface area contributed by atoms with E-state index in [4.69, 9.17) is 0 Å². The highest BCUT2D eigenvalue weighted by Crippen LogP contribution is 2.23. The minimum Gasteiger partial charge on any atom is -0.278 e. The number of rotatable bonds is 3. The van der Waals surface area contributed by atoms with Gasteiger partial charge in [-0.25, -0.2) is 9.80 Å². The summed E-state index contributed by atoms with van der Waals surface area (Å²) in [5.41, 5.74) is 2.81. The summed E-state index contributed by atoms with van der Waals surface area (Å²) in [6.07, 6.45) is 10.8. The summed E-state index contributed by atoms with van der Waals surface area (Å²) < 4.78 is 0. The van der Waals surface area contributed by atoms with Crippen molar-refractivity contribution < 1.29 is 24.0 Å². The Kier molecular flexibility index (Phi) is 17.0. The molecule has 0 aromatic heterocycles. The molecule has 8 heteroatoms. The fraction of sp³-hybridized carbons (Fsp3) is 0.184. The molecule has 0 aliphatic carbocycles. The van der Waals surface area contributed by atoms with Crippen LogP contribution in [0, 0.1) is 0 Å². The second-order valence-corrected chi connectivity index (χ2v) is 9.61. The number of anilines is 3. The molecule has 0 N–H and O–H groups in total. The molecule has 0 saturated heterocycles. The first-order valence-corrected chi connectivity index (χ1v) is 14.7. The number of carbonyl (C=O) groups excluding carboxylic acids is 5. The third-order valence-electron chi connectivity index (χ3n) is 5.59. The van der Waals surface area contributed by atoms with Crippen LogP contribution in [0.5, 0.6) is 0 Å². The number of imide groups is 2. The lowest BCUT2D eigenvalue weighted by Gasteiger charge is -2.16. The topological polar surface area (TPSA) is 95.1 Å². The van der Waals surface area contributed by atoms with Crippen LogP contribution < -0.4 is 14.7 Å². The molecule has 0 saturated carbocycles. The van der Waals surface area contributed by atoms with Crippen LogP contribution in [0.25, 0.3) is 0 Å². The Labute approximate surface area is 272 Å². The standard InChI is InChI=1S/C11H9NO.2C10H7NO2.2C3H8.CH4/c1-9-7-8-11(13)12(9)10-5-3-2-4-6-10;2*12-9-6-7-10(13)11(9)8-4-2-1-3-5-8;2*1-3-2;/h2-8H,1H2;2*1-7H;2*3H2,1-2H3;1H4. The Balaban J connectivity index is 0.000000314. The first kappa shape index (κ1) is 38.4. The zero-order valence-electron chi connectivity index (χ0n) is 26.1. The van der Waals surface area contributed by atoms with E-state index in [1.54, 1.807) is 59.5 Å². The zero-order valence-corrected chi connectivity index (χ0v) is 26.1. The summed E-state index contributed by atoms with van der Waals surface area (Å²) >= 11 is 0. The maximum atomic E-state index is 11.4. The van der Waals surface area contributed by atoms with Crippen molar-refractivity contribution in [1.29, 1.82) is 0 Å². The predicted octanol–water partition coefficient (Wildman–Crippen LogP) is 7.80. The van der Waals surface area contributed by atoms with Crippen molar-refractivity contribution in [3.05, 3.63) is 140 Å². The molecule has 0 radical (unpaired) electrons. The number of benzene rings is 3. The van der Waals surface area contributed by atoms with Crippen LogP contribution in [0.4, 0.5) is 17.1 Å². The summed E-state index contributed by atoms with van der Waals surface area (Å²) in [6, 6.07) is 27.2. The summed E-state index contributed by atoms with van der Waals surface area (Å²) in [6.45, 7) is 12.3. The van der Waals surface area contributed by atoms with Crippen LogP contribution in [-0.4, -0.2) is 29.5 Å². The van der Waals surface area contributed by atoms with E-state index in [9.17, 15) is 24.0 Å². The number of hydrogen-bond acceptors (Lipinski definition) is 5. The van der Waals surface area contributed by atoms with Gasteiger partial charge in [-0.15, -0.1) is 0 Å². The van der Waals surface area contributed by atoms with E-state index in [-0.39, 0.29) is 37.0 Å². The fourth-order valence-corrected chi connectivity index (χ4v) is 3.79. The van der Waals surface area contributed by atoms with Crippen molar-refractivity contribution in [2.75, 3.05) is 14.7 Å². The summed E-state index contributed by atoms with van der Waals surface area (Å²) in [5.74, 6) is -1.16. The number of amides is 5. The van der Waals surface area contributed by atoms with E-state index in [1.807, 2.05) is 42.5 Å². The summed E-state index contributed by atoms with van der Waals surface area (Å²) in [5, 5.41) is 0. The Morgan fingerprint density at radius 3 is 0.870 bits per heavy atom. The van der Waals surface area contributed by atoms with Gasteiger partial charge in [0.25, 0.3) is 29.5 Å². The lowest BCUT2D eigenvalue weighted by atomic mass is 10.3. The van der Waals surface area contributed by atoms with E-state index in [1.165, 1.54) is 43.2 Å². The van der Waals surface area contributed by atoms with Gasteiger partial charge in [-0.1, -0.05) is 109 Å². The lowest BCUT2D eigenvalue weighted by molar-refractivity contribution is -0.121. The Morgan fingerprint density at radius 1 is 0.413 bits per heavy atom. The minimum atomic E-state index is -0.281. The molecule has 0 unspecified atom stereocenters. The number of hydrogen-bond donors (Lipinski definition) is 0. The molecular weight excluding hydrogens is 578 g/mol. The molecule has 3 aromatic carbocycles. The van der Waals surface area contributed by atoms with E-state index in [0.29, 0.717) is 11.4 Å². The van der Waals surface area contributed by atoms with Crippen LogP contribution >= 0.6 is 0 Å². The molecule has 0 fully saturated rings. The maximum Gasteiger partial charge on any atom is 0.258 e.